The van der Waals surface area contributed by atoms with Gasteiger partial charge in [-0.15, -0.1) is 0 Å². The Bertz CT molecular complexity index is 304. The third kappa shape index (κ3) is 3.90. The van der Waals surface area contributed by atoms with Gasteiger partial charge in [0, 0.05) is 19.0 Å². The van der Waals surface area contributed by atoms with E-state index in [0.717, 1.165) is 11.3 Å². The maximum atomic E-state index is 12.3. The van der Waals surface area contributed by atoms with E-state index in [1.165, 1.54) is 0 Å². The molecule has 4 nitrogen and oxygen atoms in total. The summed E-state index contributed by atoms with van der Waals surface area (Å²) >= 11 is 0. The molecule has 1 rings (SSSR count). The summed E-state index contributed by atoms with van der Waals surface area (Å²) in [5.74, 6) is -2.91. The van der Waals surface area contributed by atoms with Gasteiger partial charge in [0.25, 0.3) is 0 Å². The van der Waals surface area contributed by atoms with Gasteiger partial charge in [0.2, 0.25) is 0 Å². The van der Waals surface area contributed by atoms with Crippen molar-refractivity contribution in [1.29, 1.82) is 0 Å². The molecule has 0 spiro atoms. The zero-order valence-corrected chi connectivity index (χ0v) is 9.16. The number of nitrogens with zero attached hydrogens (tertiary/aromatic N) is 1. The average Bonchev–Trinajstić information content (AvgIpc) is 2.24. The van der Waals surface area contributed by atoms with Crippen LogP contribution in [0.3, 0.4) is 0 Å². The molecule has 0 saturated carbocycles. The van der Waals surface area contributed by atoms with Crippen LogP contribution in [0.4, 0.5) is 13.2 Å². The lowest BCUT2D eigenvalue weighted by Crippen LogP contribution is -2.49. The van der Waals surface area contributed by atoms with E-state index in [1.54, 1.807) is 0 Å². The van der Waals surface area contributed by atoms with Crippen LogP contribution in [0.2, 0.25) is 0 Å². The van der Waals surface area contributed by atoms with Crippen molar-refractivity contribution in [3.05, 3.63) is 0 Å². The normalized spacial score (nSPS) is 21.4. The Balaban J connectivity index is 2.65. The monoisotopic (exact) mass is 253 g/mol. The van der Waals surface area contributed by atoms with Crippen LogP contribution in [-0.4, -0.2) is 40.6 Å². The van der Waals surface area contributed by atoms with Crippen LogP contribution in [0.5, 0.6) is 0 Å². The second-order valence-corrected chi connectivity index (χ2v) is 4.08. The van der Waals surface area contributed by atoms with Crippen molar-refractivity contribution in [2.24, 2.45) is 0 Å². The first-order valence-corrected chi connectivity index (χ1v) is 5.42. The molecule has 17 heavy (non-hydrogen) atoms. The molecule has 1 aliphatic heterocycles. The molecular weight excluding hydrogens is 239 g/mol. The van der Waals surface area contributed by atoms with Gasteiger partial charge in [-0.1, -0.05) is 0 Å². The molecule has 7 heteroatoms. The molecule has 1 N–H and O–H groups in total. The van der Waals surface area contributed by atoms with Gasteiger partial charge in [-0.05, 0) is 25.7 Å². The minimum atomic E-state index is -4.88. The molecule has 1 fully saturated rings. The third-order valence-electron chi connectivity index (χ3n) is 2.82. The zero-order valence-electron chi connectivity index (χ0n) is 9.16. The maximum Gasteiger partial charge on any atom is 0.471 e. The van der Waals surface area contributed by atoms with E-state index in [9.17, 15) is 22.8 Å². The van der Waals surface area contributed by atoms with Crippen LogP contribution in [0.1, 0.15) is 32.1 Å². The van der Waals surface area contributed by atoms with Crippen LogP contribution in [0.15, 0.2) is 0 Å². The fourth-order valence-electron chi connectivity index (χ4n) is 2.02. The van der Waals surface area contributed by atoms with Crippen LogP contribution in [-0.2, 0) is 9.59 Å². The predicted octanol–water partition coefficient (Wildman–Crippen LogP) is 1.79. The number of alkyl halides is 3. The Kier molecular flexibility index (Phi) is 4.36. The number of amides is 1. The Labute approximate surface area is 96.4 Å². The van der Waals surface area contributed by atoms with Gasteiger partial charge < -0.3 is 10.0 Å². The molecule has 98 valence electrons. The predicted molar refractivity (Wildman–Crippen MR) is 52.3 cm³/mol. The first kappa shape index (κ1) is 13.8. The number of halogens is 3. The summed E-state index contributed by atoms with van der Waals surface area (Å²) in [7, 11) is 0. The largest absolute Gasteiger partial charge is 0.481 e. The van der Waals surface area contributed by atoms with Crippen LogP contribution >= 0.6 is 0 Å². The number of carbonyl (C=O) groups is 2. The summed E-state index contributed by atoms with van der Waals surface area (Å²) in [5, 5.41) is 8.50. The molecule has 0 aromatic carbocycles. The molecule has 1 saturated heterocycles. The highest BCUT2D eigenvalue weighted by Gasteiger charge is 2.45. The van der Waals surface area contributed by atoms with Gasteiger partial charge in [0.1, 0.15) is 0 Å². The number of aliphatic carboxylic acids is 1. The highest BCUT2D eigenvalue weighted by atomic mass is 19.4. The summed E-state index contributed by atoms with van der Waals surface area (Å²) in [6.45, 7) is 0.0582. The van der Waals surface area contributed by atoms with E-state index in [2.05, 4.69) is 0 Å². The molecule has 0 aromatic heterocycles. The second kappa shape index (κ2) is 5.37. The van der Waals surface area contributed by atoms with E-state index in [0.29, 0.717) is 12.8 Å². The number of carboxylic acids is 1. The number of rotatable bonds is 3. The van der Waals surface area contributed by atoms with E-state index in [1.807, 2.05) is 0 Å². The average molecular weight is 253 g/mol. The van der Waals surface area contributed by atoms with E-state index in [4.69, 9.17) is 5.11 Å². The molecule has 1 heterocycles. The summed E-state index contributed by atoms with van der Waals surface area (Å²) < 4.78 is 36.9. The highest BCUT2D eigenvalue weighted by Crippen LogP contribution is 2.27. The van der Waals surface area contributed by atoms with Gasteiger partial charge in [-0.2, -0.15) is 13.2 Å². The van der Waals surface area contributed by atoms with Crippen LogP contribution in [0, 0.1) is 0 Å². The van der Waals surface area contributed by atoms with Gasteiger partial charge in [-0.25, -0.2) is 0 Å². The van der Waals surface area contributed by atoms with E-state index >= 15 is 0 Å². The van der Waals surface area contributed by atoms with Crippen molar-refractivity contribution >= 4 is 11.9 Å². The second-order valence-electron chi connectivity index (χ2n) is 4.08. The summed E-state index contributed by atoms with van der Waals surface area (Å²) in [6, 6.07) is -0.603. The lowest BCUT2D eigenvalue weighted by Gasteiger charge is -2.35. The quantitative estimate of drug-likeness (QED) is 0.834. The summed E-state index contributed by atoms with van der Waals surface area (Å²) in [5.41, 5.74) is 0. The topological polar surface area (TPSA) is 57.6 Å². The minimum Gasteiger partial charge on any atom is -0.481 e. The number of piperidine rings is 1. The molecule has 0 aromatic rings. The van der Waals surface area contributed by atoms with Gasteiger partial charge >= 0.3 is 18.1 Å². The molecule has 0 aliphatic carbocycles. The number of hydrogen-bond acceptors (Lipinski definition) is 2. The van der Waals surface area contributed by atoms with Crippen molar-refractivity contribution in [1.82, 2.24) is 4.90 Å². The standard InChI is InChI=1S/C10H14F3NO3/c11-10(12,13)9(17)14-6-2-1-3-7(14)4-5-8(15)16/h7H,1-6H2,(H,15,16)/t7-/m0/s1. The van der Waals surface area contributed by atoms with Gasteiger partial charge in [0.05, 0.1) is 0 Å². The maximum absolute atomic E-state index is 12.3. The highest BCUT2D eigenvalue weighted by molar-refractivity contribution is 5.82. The van der Waals surface area contributed by atoms with Crippen molar-refractivity contribution < 1.29 is 27.9 Å². The molecule has 1 atom stereocenters. The van der Waals surface area contributed by atoms with Crippen LogP contribution in [0.25, 0.3) is 0 Å². The summed E-state index contributed by atoms with van der Waals surface area (Å²) in [4.78, 5) is 22.3. The van der Waals surface area contributed by atoms with Crippen molar-refractivity contribution in [2.45, 2.75) is 44.3 Å². The Morgan fingerprint density at radius 2 is 1.94 bits per heavy atom. The molecule has 0 radical (unpaired) electrons. The fourth-order valence-corrected chi connectivity index (χ4v) is 2.02. The number of likely N-dealkylation sites (tertiary alicyclic amines) is 1. The molecule has 1 amide bonds. The van der Waals surface area contributed by atoms with Crippen molar-refractivity contribution in [2.75, 3.05) is 6.54 Å². The first-order chi connectivity index (χ1) is 7.82. The molecule has 1 aliphatic rings. The van der Waals surface area contributed by atoms with Crippen molar-refractivity contribution in [3.63, 3.8) is 0 Å². The SMILES string of the molecule is O=C(O)CC[C@@H]1CCCCN1C(=O)C(F)(F)F. The Hall–Kier alpha value is -1.27. The first-order valence-electron chi connectivity index (χ1n) is 5.42. The minimum absolute atomic E-state index is 0.0582. The lowest BCUT2D eigenvalue weighted by molar-refractivity contribution is -0.189. The number of carboxylic acid groups (broad SMARTS) is 1. The Morgan fingerprint density at radius 1 is 1.29 bits per heavy atom. The zero-order chi connectivity index (χ0) is 13.1. The number of hydrogen-bond donors (Lipinski definition) is 1. The fraction of sp³-hybridized carbons (Fsp3) is 0.800. The van der Waals surface area contributed by atoms with E-state index < -0.39 is 24.1 Å². The van der Waals surface area contributed by atoms with E-state index in [-0.39, 0.29) is 19.4 Å². The molecular formula is C10H14F3NO3. The smallest absolute Gasteiger partial charge is 0.471 e. The van der Waals surface area contributed by atoms with Crippen molar-refractivity contribution in [3.8, 4) is 0 Å². The van der Waals surface area contributed by atoms with Gasteiger partial charge in [-0.3, -0.25) is 9.59 Å². The van der Waals surface area contributed by atoms with Crippen LogP contribution < -0.4 is 0 Å². The summed E-state index contributed by atoms with van der Waals surface area (Å²) in [6.07, 6.45) is -3.31. The molecule has 0 bridgehead atoms. The third-order valence-corrected chi connectivity index (χ3v) is 2.82. The Morgan fingerprint density at radius 3 is 2.47 bits per heavy atom. The van der Waals surface area contributed by atoms with Gasteiger partial charge in [0.15, 0.2) is 0 Å². The lowest BCUT2D eigenvalue weighted by atomic mass is 9.98. The molecule has 0 unspecified atom stereocenters. The number of carbonyl (C=O) groups excluding carboxylic acids is 1.